The third-order valence-corrected chi connectivity index (χ3v) is 6.16. The molecule has 0 spiro atoms. The van der Waals surface area contributed by atoms with Crippen molar-refractivity contribution >= 4 is 28.3 Å². The minimum atomic E-state index is -0.0849. The Labute approximate surface area is 156 Å². The number of aryl methyl sites for hydroxylation is 4. The third-order valence-electron chi connectivity index (χ3n) is 4.91. The van der Waals surface area contributed by atoms with E-state index in [0.29, 0.717) is 11.5 Å². The summed E-state index contributed by atoms with van der Waals surface area (Å²) in [6, 6.07) is 1.87. The number of aromatic nitrogens is 4. The van der Waals surface area contributed by atoms with E-state index in [4.69, 9.17) is 4.98 Å². The van der Waals surface area contributed by atoms with Crippen LogP contribution in [-0.4, -0.2) is 25.7 Å². The van der Waals surface area contributed by atoms with E-state index in [1.54, 1.807) is 16.0 Å². The molecule has 0 unspecified atom stereocenters. The summed E-state index contributed by atoms with van der Waals surface area (Å²) in [5.41, 5.74) is 4.28. The molecule has 7 heteroatoms. The number of rotatable bonds is 4. The van der Waals surface area contributed by atoms with Gasteiger partial charge in [0.2, 0.25) is 0 Å². The van der Waals surface area contributed by atoms with Gasteiger partial charge in [-0.25, -0.2) is 9.97 Å². The first-order chi connectivity index (χ1) is 12.3. The first kappa shape index (κ1) is 17.1. The van der Waals surface area contributed by atoms with Crippen molar-refractivity contribution in [2.24, 2.45) is 7.05 Å². The first-order valence-corrected chi connectivity index (χ1v) is 9.75. The molecule has 26 heavy (non-hydrogen) atoms. The number of nitrogens with one attached hydrogen (secondary N) is 1. The van der Waals surface area contributed by atoms with E-state index < -0.39 is 0 Å². The molecule has 0 aromatic carbocycles. The highest BCUT2D eigenvalue weighted by molar-refractivity contribution is 7.11. The topological polar surface area (TPSA) is 72.7 Å². The molecule has 136 valence electrons. The molecule has 1 amide bonds. The lowest BCUT2D eigenvalue weighted by molar-refractivity contribution is 0.0942. The molecule has 1 aliphatic carbocycles. The Bertz CT molecular complexity index is 1010. The Kier molecular flexibility index (Phi) is 4.06. The molecule has 0 aliphatic heterocycles. The molecule has 1 fully saturated rings. The number of pyridine rings is 1. The molecular formula is C19H23N5OS. The van der Waals surface area contributed by atoms with Gasteiger partial charge in [0.1, 0.15) is 0 Å². The van der Waals surface area contributed by atoms with Gasteiger partial charge in [-0.2, -0.15) is 5.10 Å². The quantitative estimate of drug-likeness (QED) is 0.761. The number of carbonyl (C=O) groups is 1. The Morgan fingerprint density at radius 2 is 2.00 bits per heavy atom. The number of carbonyl (C=O) groups excluding carboxylic acids is 1. The number of fused-ring (bicyclic) bond motifs is 1. The summed E-state index contributed by atoms with van der Waals surface area (Å²) in [4.78, 5) is 23.5. The Morgan fingerprint density at radius 3 is 2.62 bits per heavy atom. The normalized spacial score (nSPS) is 15.4. The van der Waals surface area contributed by atoms with Gasteiger partial charge >= 0.3 is 0 Å². The zero-order valence-electron chi connectivity index (χ0n) is 15.8. The third kappa shape index (κ3) is 2.90. The van der Waals surface area contributed by atoms with Crippen LogP contribution in [-0.2, 0) is 7.05 Å². The van der Waals surface area contributed by atoms with Crippen molar-refractivity contribution < 1.29 is 4.79 Å². The van der Waals surface area contributed by atoms with Crippen molar-refractivity contribution in [2.45, 2.75) is 52.5 Å². The SMILES string of the molecule is Cc1nc(C)c([C@@H](C)NC(=O)c2cc(C3CC3)nc3c2c(C)nn3C)s1. The number of thiazole rings is 1. The van der Waals surface area contributed by atoms with Crippen molar-refractivity contribution in [1.29, 1.82) is 0 Å². The van der Waals surface area contributed by atoms with Gasteiger partial charge in [-0.3, -0.25) is 9.48 Å². The summed E-state index contributed by atoms with van der Waals surface area (Å²) >= 11 is 1.63. The second kappa shape index (κ2) is 6.16. The lowest BCUT2D eigenvalue weighted by Gasteiger charge is -2.14. The molecule has 0 radical (unpaired) electrons. The number of nitrogens with zero attached hydrogens (tertiary/aromatic N) is 4. The van der Waals surface area contributed by atoms with Gasteiger partial charge in [0.15, 0.2) is 5.65 Å². The van der Waals surface area contributed by atoms with Crippen LogP contribution in [0.15, 0.2) is 6.07 Å². The minimum Gasteiger partial charge on any atom is -0.345 e. The van der Waals surface area contributed by atoms with Crippen molar-refractivity contribution in [2.75, 3.05) is 0 Å². The van der Waals surface area contributed by atoms with Crippen molar-refractivity contribution in [3.63, 3.8) is 0 Å². The highest BCUT2D eigenvalue weighted by Gasteiger charge is 2.29. The van der Waals surface area contributed by atoms with Crippen LogP contribution in [0.2, 0.25) is 0 Å². The van der Waals surface area contributed by atoms with Crippen molar-refractivity contribution in [1.82, 2.24) is 25.1 Å². The molecule has 4 rings (SSSR count). The maximum absolute atomic E-state index is 13.1. The number of amides is 1. The Hall–Kier alpha value is -2.28. The summed E-state index contributed by atoms with van der Waals surface area (Å²) in [7, 11) is 1.88. The molecule has 1 saturated carbocycles. The second-order valence-corrected chi connectivity index (χ2v) is 8.39. The van der Waals surface area contributed by atoms with Gasteiger partial charge in [0, 0.05) is 23.5 Å². The van der Waals surface area contributed by atoms with E-state index in [1.165, 1.54) is 0 Å². The Balaban J connectivity index is 1.73. The predicted octanol–water partition coefficient (Wildman–Crippen LogP) is 3.72. The lowest BCUT2D eigenvalue weighted by atomic mass is 10.1. The summed E-state index contributed by atoms with van der Waals surface area (Å²) in [5, 5.41) is 9.49. The number of hydrogen-bond donors (Lipinski definition) is 1. The van der Waals surface area contributed by atoms with Crippen LogP contribution in [0.1, 0.15) is 69.0 Å². The van der Waals surface area contributed by atoms with E-state index in [-0.39, 0.29) is 11.9 Å². The standard InChI is InChI=1S/C19H23N5OS/c1-9-16-14(8-15(13-6-7-13)22-18(16)24(5)23-9)19(25)21-11(3)17-10(2)20-12(4)26-17/h8,11,13H,6-7H2,1-5H3,(H,21,25)/t11-/m1/s1. The summed E-state index contributed by atoms with van der Waals surface area (Å²) < 4.78 is 1.77. The summed E-state index contributed by atoms with van der Waals surface area (Å²) in [5.74, 6) is 0.401. The van der Waals surface area contributed by atoms with E-state index in [9.17, 15) is 4.79 Å². The summed E-state index contributed by atoms with van der Waals surface area (Å²) in [6.45, 7) is 7.91. The average molecular weight is 369 g/mol. The summed E-state index contributed by atoms with van der Waals surface area (Å²) in [6.07, 6.45) is 2.29. The molecule has 0 bridgehead atoms. The lowest BCUT2D eigenvalue weighted by Crippen LogP contribution is -2.27. The fourth-order valence-electron chi connectivity index (χ4n) is 3.52. The fraction of sp³-hybridized carbons (Fsp3) is 0.474. The average Bonchev–Trinajstić information content (AvgIpc) is 3.32. The van der Waals surface area contributed by atoms with Crippen LogP contribution in [0.4, 0.5) is 0 Å². The monoisotopic (exact) mass is 369 g/mol. The van der Waals surface area contributed by atoms with Crippen LogP contribution in [0, 0.1) is 20.8 Å². The molecular weight excluding hydrogens is 346 g/mol. The zero-order chi connectivity index (χ0) is 18.6. The molecule has 1 aliphatic rings. The Morgan fingerprint density at radius 1 is 1.27 bits per heavy atom. The maximum Gasteiger partial charge on any atom is 0.252 e. The van der Waals surface area contributed by atoms with Gasteiger partial charge in [-0.15, -0.1) is 11.3 Å². The van der Waals surface area contributed by atoms with Crippen LogP contribution in [0.5, 0.6) is 0 Å². The number of hydrogen-bond acceptors (Lipinski definition) is 5. The molecule has 1 N–H and O–H groups in total. The van der Waals surface area contributed by atoms with E-state index in [1.807, 2.05) is 40.8 Å². The smallest absolute Gasteiger partial charge is 0.252 e. The van der Waals surface area contributed by atoms with Crippen molar-refractivity contribution in [3.05, 3.63) is 38.6 Å². The van der Waals surface area contributed by atoms with E-state index in [2.05, 4.69) is 15.4 Å². The molecule has 1 atom stereocenters. The van der Waals surface area contributed by atoms with Gasteiger partial charge in [0.25, 0.3) is 5.91 Å². The van der Waals surface area contributed by atoms with Crippen LogP contribution in [0.3, 0.4) is 0 Å². The van der Waals surface area contributed by atoms with E-state index >= 15 is 0 Å². The van der Waals surface area contributed by atoms with Crippen LogP contribution < -0.4 is 5.32 Å². The predicted molar refractivity (Wildman–Crippen MR) is 103 cm³/mol. The largest absolute Gasteiger partial charge is 0.345 e. The molecule has 3 aromatic rings. The highest BCUT2D eigenvalue weighted by Crippen LogP contribution is 2.40. The van der Waals surface area contributed by atoms with Crippen molar-refractivity contribution in [3.8, 4) is 0 Å². The molecule has 0 saturated heterocycles. The molecule has 3 heterocycles. The van der Waals surface area contributed by atoms with Crippen LogP contribution in [0.25, 0.3) is 11.0 Å². The molecule has 6 nitrogen and oxygen atoms in total. The first-order valence-electron chi connectivity index (χ1n) is 8.94. The minimum absolute atomic E-state index is 0.0756. The van der Waals surface area contributed by atoms with Crippen LogP contribution >= 0.6 is 11.3 Å². The van der Waals surface area contributed by atoms with Gasteiger partial charge in [-0.05, 0) is 46.6 Å². The van der Waals surface area contributed by atoms with Gasteiger partial charge < -0.3 is 5.32 Å². The van der Waals surface area contributed by atoms with Gasteiger partial charge in [0.05, 0.1) is 33.4 Å². The zero-order valence-corrected chi connectivity index (χ0v) is 16.6. The fourth-order valence-corrected chi connectivity index (χ4v) is 4.45. The second-order valence-electron chi connectivity index (χ2n) is 7.15. The molecule has 3 aromatic heterocycles. The van der Waals surface area contributed by atoms with E-state index in [0.717, 1.165) is 50.8 Å². The highest BCUT2D eigenvalue weighted by atomic mass is 32.1. The maximum atomic E-state index is 13.1. The van der Waals surface area contributed by atoms with Gasteiger partial charge in [-0.1, -0.05) is 0 Å².